The van der Waals surface area contributed by atoms with Crippen molar-refractivity contribution >= 4 is 17.8 Å². The largest absolute Gasteiger partial charge is 0.334 e. The van der Waals surface area contributed by atoms with Crippen molar-refractivity contribution in [2.24, 2.45) is 7.05 Å². The van der Waals surface area contributed by atoms with Crippen molar-refractivity contribution in [2.75, 3.05) is 6.26 Å². The van der Waals surface area contributed by atoms with Gasteiger partial charge in [0, 0.05) is 25.5 Å². The molecule has 0 bridgehead atoms. The Kier molecular flexibility index (Phi) is 5.68. The maximum Gasteiger partial charge on any atom is 0.315 e. The van der Waals surface area contributed by atoms with Gasteiger partial charge in [0.25, 0.3) is 0 Å². The normalized spacial score (nSPS) is 10.4. The lowest BCUT2D eigenvalue weighted by atomic mass is 10.1. The molecule has 0 spiro atoms. The number of carbonyl (C=O) groups is 1. The lowest BCUT2D eigenvalue weighted by molar-refractivity contribution is 0.240. The summed E-state index contributed by atoms with van der Waals surface area (Å²) in [6, 6.07) is 9.97. The van der Waals surface area contributed by atoms with E-state index in [0.717, 1.165) is 17.0 Å². The maximum atomic E-state index is 11.8. The van der Waals surface area contributed by atoms with Crippen molar-refractivity contribution in [3.05, 3.63) is 53.3 Å². The van der Waals surface area contributed by atoms with Crippen molar-refractivity contribution in [1.82, 2.24) is 20.4 Å². The molecule has 1 aromatic carbocycles. The number of nitrogens with one attached hydrogen (secondary N) is 2. The molecule has 1 aromatic heterocycles. The highest BCUT2D eigenvalue weighted by molar-refractivity contribution is 7.97. The Morgan fingerprint density at radius 2 is 2.00 bits per heavy atom. The summed E-state index contributed by atoms with van der Waals surface area (Å²) < 4.78 is 1.74. The molecule has 112 valence electrons. The van der Waals surface area contributed by atoms with E-state index in [9.17, 15) is 4.79 Å². The van der Waals surface area contributed by atoms with Crippen molar-refractivity contribution in [1.29, 1.82) is 0 Å². The van der Waals surface area contributed by atoms with E-state index in [4.69, 9.17) is 0 Å². The Hall–Kier alpha value is -1.95. The number of amides is 2. The fraction of sp³-hybridized carbons (Fsp3) is 0.333. The van der Waals surface area contributed by atoms with Crippen LogP contribution in [-0.4, -0.2) is 22.1 Å². The summed E-state index contributed by atoms with van der Waals surface area (Å²) in [6.45, 7) is 0.994. The fourth-order valence-corrected chi connectivity index (χ4v) is 2.50. The first-order valence-corrected chi connectivity index (χ1v) is 8.14. The third kappa shape index (κ3) is 4.82. The summed E-state index contributed by atoms with van der Waals surface area (Å²) in [7, 11) is 1.85. The summed E-state index contributed by atoms with van der Waals surface area (Å²) in [5.74, 6) is 0.987. The van der Waals surface area contributed by atoms with Gasteiger partial charge in [-0.3, -0.25) is 4.68 Å². The number of aryl methyl sites for hydroxylation is 1. The van der Waals surface area contributed by atoms with E-state index in [1.807, 2.05) is 25.2 Å². The number of hydrogen-bond acceptors (Lipinski definition) is 3. The third-order valence-electron chi connectivity index (χ3n) is 3.11. The second kappa shape index (κ2) is 7.73. The zero-order valence-electron chi connectivity index (χ0n) is 12.3. The summed E-state index contributed by atoms with van der Waals surface area (Å²) >= 11 is 1.79. The second-order valence-electron chi connectivity index (χ2n) is 4.74. The van der Waals surface area contributed by atoms with Gasteiger partial charge < -0.3 is 10.6 Å². The van der Waals surface area contributed by atoms with Crippen LogP contribution in [0.1, 0.15) is 16.8 Å². The van der Waals surface area contributed by atoms with Gasteiger partial charge in [0.15, 0.2) is 0 Å². The summed E-state index contributed by atoms with van der Waals surface area (Å²) in [5.41, 5.74) is 3.35. The van der Waals surface area contributed by atoms with Gasteiger partial charge in [0.1, 0.15) is 0 Å². The minimum absolute atomic E-state index is 0.175. The SMILES string of the molecule is CSCc1cccc(CNC(=O)NCc2ccnn2C)c1. The van der Waals surface area contributed by atoms with Gasteiger partial charge in [0.05, 0.1) is 12.2 Å². The highest BCUT2D eigenvalue weighted by Crippen LogP contribution is 2.11. The summed E-state index contributed by atoms with van der Waals surface area (Å²) in [4.78, 5) is 11.8. The number of thioether (sulfide) groups is 1. The lowest BCUT2D eigenvalue weighted by Gasteiger charge is -2.09. The van der Waals surface area contributed by atoms with Crippen LogP contribution >= 0.6 is 11.8 Å². The molecular weight excluding hydrogens is 284 g/mol. The van der Waals surface area contributed by atoms with Crippen LogP contribution in [0.2, 0.25) is 0 Å². The first kappa shape index (κ1) is 15.4. The van der Waals surface area contributed by atoms with E-state index in [0.29, 0.717) is 13.1 Å². The van der Waals surface area contributed by atoms with E-state index in [1.165, 1.54) is 5.56 Å². The molecule has 0 saturated heterocycles. The van der Waals surface area contributed by atoms with E-state index < -0.39 is 0 Å². The Balaban J connectivity index is 1.78. The molecule has 2 amide bonds. The van der Waals surface area contributed by atoms with Gasteiger partial charge in [-0.15, -0.1) is 0 Å². The molecule has 2 N–H and O–H groups in total. The Labute approximate surface area is 129 Å². The molecule has 0 fully saturated rings. The van der Waals surface area contributed by atoms with Gasteiger partial charge in [-0.1, -0.05) is 24.3 Å². The number of urea groups is 1. The van der Waals surface area contributed by atoms with E-state index in [2.05, 4.69) is 34.1 Å². The predicted octanol–water partition coefficient (Wildman–Crippen LogP) is 2.28. The van der Waals surface area contributed by atoms with Gasteiger partial charge in [0.2, 0.25) is 0 Å². The van der Waals surface area contributed by atoms with Crippen molar-refractivity contribution in [3.8, 4) is 0 Å². The molecule has 5 nitrogen and oxygen atoms in total. The van der Waals surface area contributed by atoms with Gasteiger partial charge >= 0.3 is 6.03 Å². The smallest absolute Gasteiger partial charge is 0.315 e. The van der Waals surface area contributed by atoms with Crippen LogP contribution in [0.15, 0.2) is 36.5 Å². The molecule has 2 aromatic rings. The highest BCUT2D eigenvalue weighted by atomic mass is 32.2. The average molecular weight is 304 g/mol. The van der Waals surface area contributed by atoms with Crippen LogP contribution in [0.3, 0.4) is 0 Å². The molecule has 0 atom stereocenters. The minimum Gasteiger partial charge on any atom is -0.334 e. The van der Waals surface area contributed by atoms with Gasteiger partial charge in [-0.25, -0.2) is 4.79 Å². The van der Waals surface area contributed by atoms with Crippen LogP contribution in [0.25, 0.3) is 0 Å². The summed E-state index contributed by atoms with van der Waals surface area (Å²) in [6.07, 6.45) is 3.79. The fourth-order valence-electron chi connectivity index (χ4n) is 1.99. The summed E-state index contributed by atoms with van der Waals surface area (Å²) in [5, 5.41) is 9.74. The quantitative estimate of drug-likeness (QED) is 0.861. The van der Waals surface area contributed by atoms with E-state index in [-0.39, 0.29) is 6.03 Å². The molecule has 0 aliphatic carbocycles. The number of hydrogen-bond donors (Lipinski definition) is 2. The molecule has 2 rings (SSSR count). The Morgan fingerprint density at radius 3 is 2.71 bits per heavy atom. The molecule has 0 aliphatic heterocycles. The monoisotopic (exact) mass is 304 g/mol. The number of aromatic nitrogens is 2. The number of nitrogens with zero attached hydrogens (tertiary/aromatic N) is 2. The molecule has 0 aliphatic rings. The first-order valence-electron chi connectivity index (χ1n) is 6.74. The molecular formula is C15H20N4OS. The van der Waals surface area contributed by atoms with Gasteiger partial charge in [-0.05, 0) is 23.4 Å². The van der Waals surface area contributed by atoms with Crippen molar-refractivity contribution < 1.29 is 4.79 Å². The molecule has 0 unspecified atom stereocenters. The Bertz CT molecular complexity index is 597. The molecule has 21 heavy (non-hydrogen) atoms. The van der Waals surface area contributed by atoms with Crippen LogP contribution < -0.4 is 10.6 Å². The minimum atomic E-state index is -0.175. The van der Waals surface area contributed by atoms with Crippen molar-refractivity contribution in [2.45, 2.75) is 18.8 Å². The standard InChI is InChI=1S/C15H20N4OS/c1-19-14(6-7-18-19)10-17-15(20)16-9-12-4-3-5-13(8-12)11-21-2/h3-8H,9-11H2,1-2H3,(H2,16,17,20). The van der Waals surface area contributed by atoms with Gasteiger partial charge in [-0.2, -0.15) is 16.9 Å². The van der Waals surface area contributed by atoms with Crippen molar-refractivity contribution in [3.63, 3.8) is 0 Å². The third-order valence-corrected chi connectivity index (χ3v) is 3.73. The van der Waals surface area contributed by atoms with E-state index >= 15 is 0 Å². The van der Waals surface area contributed by atoms with E-state index in [1.54, 1.807) is 22.6 Å². The lowest BCUT2D eigenvalue weighted by Crippen LogP contribution is -2.35. The maximum absolute atomic E-state index is 11.8. The number of rotatable bonds is 6. The zero-order valence-corrected chi connectivity index (χ0v) is 13.1. The van der Waals surface area contributed by atoms with Crippen LogP contribution in [0, 0.1) is 0 Å². The zero-order chi connectivity index (χ0) is 15.1. The molecule has 0 saturated carbocycles. The van der Waals surface area contributed by atoms with Crippen LogP contribution in [0.4, 0.5) is 4.79 Å². The molecule has 6 heteroatoms. The Morgan fingerprint density at radius 1 is 1.24 bits per heavy atom. The number of carbonyl (C=O) groups excluding carboxylic acids is 1. The molecule has 1 heterocycles. The van der Waals surface area contributed by atoms with Crippen LogP contribution in [-0.2, 0) is 25.9 Å². The first-order chi connectivity index (χ1) is 10.2. The number of benzene rings is 1. The van der Waals surface area contributed by atoms with Crippen LogP contribution in [0.5, 0.6) is 0 Å². The average Bonchev–Trinajstić information content (AvgIpc) is 2.89. The highest BCUT2D eigenvalue weighted by Gasteiger charge is 2.03. The predicted molar refractivity (Wildman–Crippen MR) is 85.9 cm³/mol. The second-order valence-corrected chi connectivity index (χ2v) is 5.60. The topological polar surface area (TPSA) is 59.0 Å². The molecule has 0 radical (unpaired) electrons.